The molecule has 0 saturated heterocycles. The summed E-state index contributed by atoms with van der Waals surface area (Å²) < 4.78 is 16.6. The lowest BCUT2D eigenvalue weighted by Gasteiger charge is -2.18. The second kappa shape index (κ2) is 47.1. The Kier molecular flexibility index (Phi) is 45.8. The van der Waals surface area contributed by atoms with Crippen LogP contribution in [0.15, 0.2) is 0 Å². The van der Waals surface area contributed by atoms with Gasteiger partial charge in [-0.15, -0.1) is 0 Å². The van der Waals surface area contributed by atoms with Gasteiger partial charge in [-0.25, -0.2) is 0 Å². The highest BCUT2D eigenvalue weighted by Crippen LogP contribution is 2.17. The summed E-state index contributed by atoms with van der Waals surface area (Å²) in [5.74, 6) is -0.863. The quantitative estimate of drug-likeness (QED) is 0.0346. The predicted octanol–water partition coefficient (Wildman–Crippen LogP) is 16.4. The van der Waals surface area contributed by atoms with Crippen molar-refractivity contribution in [2.24, 2.45) is 0 Å². The molecule has 0 amide bonds. The van der Waals surface area contributed by atoms with Crippen LogP contribution in [-0.4, -0.2) is 37.2 Å². The van der Waals surface area contributed by atoms with Crippen LogP contribution >= 0.6 is 0 Å². The average molecular weight is 807 g/mol. The van der Waals surface area contributed by atoms with Gasteiger partial charge in [0.2, 0.25) is 0 Å². The zero-order valence-corrected chi connectivity index (χ0v) is 38.6. The number of ether oxygens (including phenoxy) is 3. The fraction of sp³-hybridized carbons (Fsp3) is 0.941. The van der Waals surface area contributed by atoms with Gasteiger partial charge in [0.05, 0.1) is 0 Å². The molecule has 6 heteroatoms. The van der Waals surface area contributed by atoms with Crippen LogP contribution in [0.5, 0.6) is 0 Å². The molecule has 0 bridgehead atoms. The first-order chi connectivity index (χ1) is 28.0. The van der Waals surface area contributed by atoms with Crippen LogP contribution < -0.4 is 0 Å². The van der Waals surface area contributed by atoms with Crippen LogP contribution in [-0.2, 0) is 28.6 Å². The molecular weight excluding hydrogens is 709 g/mol. The van der Waals surface area contributed by atoms with Gasteiger partial charge in [0.25, 0.3) is 0 Å². The fourth-order valence-electron chi connectivity index (χ4n) is 7.74. The molecule has 0 aromatic heterocycles. The van der Waals surface area contributed by atoms with Gasteiger partial charge < -0.3 is 14.2 Å². The Morgan fingerprint density at radius 2 is 0.474 bits per heavy atom. The largest absolute Gasteiger partial charge is 0.462 e. The van der Waals surface area contributed by atoms with E-state index < -0.39 is 6.10 Å². The monoisotopic (exact) mass is 807 g/mol. The molecule has 338 valence electrons. The summed E-state index contributed by atoms with van der Waals surface area (Å²) in [6.07, 6.45) is 50.0. The van der Waals surface area contributed by atoms with Crippen LogP contribution in [0.4, 0.5) is 0 Å². The number of carbonyl (C=O) groups is 3. The third kappa shape index (κ3) is 45.3. The third-order valence-electron chi connectivity index (χ3n) is 11.6. The molecule has 0 aromatic rings. The second-order valence-electron chi connectivity index (χ2n) is 17.5. The van der Waals surface area contributed by atoms with E-state index in [1.165, 1.54) is 193 Å². The minimum absolute atomic E-state index is 0.0638. The molecule has 0 radical (unpaired) electrons. The third-order valence-corrected chi connectivity index (χ3v) is 11.6. The topological polar surface area (TPSA) is 78.9 Å². The summed E-state index contributed by atoms with van der Waals surface area (Å²) in [5, 5.41) is 0. The Balaban J connectivity index is 3.92. The van der Waals surface area contributed by atoms with Crippen LogP contribution in [0.1, 0.15) is 290 Å². The van der Waals surface area contributed by atoms with Crippen molar-refractivity contribution in [3.05, 3.63) is 0 Å². The van der Waals surface area contributed by atoms with Gasteiger partial charge in [0, 0.05) is 19.3 Å². The summed E-state index contributed by atoms with van der Waals surface area (Å²) in [6.45, 7) is 6.59. The molecule has 0 fully saturated rings. The molecule has 0 aliphatic rings. The van der Waals surface area contributed by atoms with Gasteiger partial charge in [0.15, 0.2) is 6.10 Å². The number of hydrogen-bond acceptors (Lipinski definition) is 6. The smallest absolute Gasteiger partial charge is 0.306 e. The molecule has 0 N–H and O–H groups in total. The number of rotatable bonds is 47. The van der Waals surface area contributed by atoms with Crippen molar-refractivity contribution in [1.82, 2.24) is 0 Å². The summed E-state index contributed by atoms with van der Waals surface area (Å²) >= 11 is 0. The molecule has 0 aliphatic carbocycles. The molecule has 0 heterocycles. The van der Waals surface area contributed by atoms with Crippen molar-refractivity contribution >= 4 is 17.9 Å². The lowest BCUT2D eigenvalue weighted by atomic mass is 10.0. The predicted molar refractivity (Wildman–Crippen MR) is 243 cm³/mol. The molecule has 6 nitrogen and oxygen atoms in total. The van der Waals surface area contributed by atoms with Crippen molar-refractivity contribution in [3.63, 3.8) is 0 Å². The number of carbonyl (C=O) groups excluding carboxylic acids is 3. The molecule has 1 unspecified atom stereocenters. The Morgan fingerprint density at radius 1 is 0.281 bits per heavy atom. The highest BCUT2D eigenvalue weighted by molar-refractivity contribution is 5.71. The van der Waals surface area contributed by atoms with E-state index >= 15 is 0 Å². The molecule has 0 aromatic carbocycles. The van der Waals surface area contributed by atoms with Crippen molar-refractivity contribution in [2.45, 2.75) is 297 Å². The van der Waals surface area contributed by atoms with Crippen LogP contribution in [0, 0.1) is 0 Å². The van der Waals surface area contributed by atoms with Crippen molar-refractivity contribution in [3.8, 4) is 0 Å². The first-order valence-corrected chi connectivity index (χ1v) is 25.5. The van der Waals surface area contributed by atoms with Gasteiger partial charge in [-0.1, -0.05) is 252 Å². The van der Waals surface area contributed by atoms with E-state index in [2.05, 4.69) is 20.8 Å². The van der Waals surface area contributed by atoms with Gasteiger partial charge >= 0.3 is 17.9 Å². The maximum Gasteiger partial charge on any atom is 0.306 e. The highest BCUT2D eigenvalue weighted by Gasteiger charge is 2.19. The molecule has 1 atom stereocenters. The lowest BCUT2D eigenvalue weighted by Crippen LogP contribution is -2.30. The standard InChI is InChI=1S/C51H98O6/c1-4-7-10-13-16-17-18-19-20-21-22-23-24-25-26-27-28-29-30-31-32-33-36-38-41-44-50(53)56-47-48(57-51(54)45-42-39-35-15-12-9-6-3)46-55-49(52)43-40-37-34-14-11-8-5-2/h48H,4-47H2,1-3H3. The van der Waals surface area contributed by atoms with E-state index in [9.17, 15) is 14.4 Å². The van der Waals surface area contributed by atoms with E-state index in [4.69, 9.17) is 14.2 Å². The molecule has 0 spiro atoms. The van der Waals surface area contributed by atoms with Gasteiger partial charge in [0.1, 0.15) is 13.2 Å². The molecule has 0 aliphatic heterocycles. The van der Waals surface area contributed by atoms with Crippen molar-refractivity contribution < 1.29 is 28.6 Å². The number of hydrogen-bond donors (Lipinski definition) is 0. The van der Waals surface area contributed by atoms with E-state index in [-0.39, 0.29) is 31.1 Å². The van der Waals surface area contributed by atoms with Gasteiger partial charge in [-0.3, -0.25) is 14.4 Å². The zero-order chi connectivity index (χ0) is 41.5. The molecule has 57 heavy (non-hydrogen) atoms. The van der Waals surface area contributed by atoms with Crippen LogP contribution in [0.2, 0.25) is 0 Å². The second-order valence-corrected chi connectivity index (χ2v) is 17.5. The van der Waals surface area contributed by atoms with E-state index in [0.717, 1.165) is 57.8 Å². The average Bonchev–Trinajstić information content (AvgIpc) is 3.21. The minimum Gasteiger partial charge on any atom is -0.462 e. The van der Waals surface area contributed by atoms with Gasteiger partial charge in [-0.05, 0) is 19.3 Å². The van der Waals surface area contributed by atoms with Gasteiger partial charge in [-0.2, -0.15) is 0 Å². The first-order valence-electron chi connectivity index (χ1n) is 25.5. The molecule has 0 rings (SSSR count). The fourth-order valence-corrected chi connectivity index (χ4v) is 7.74. The Bertz CT molecular complexity index is 844. The van der Waals surface area contributed by atoms with E-state index in [1.807, 2.05) is 0 Å². The maximum absolute atomic E-state index is 12.6. The van der Waals surface area contributed by atoms with E-state index in [0.29, 0.717) is 19.3 Å². The minimum atomic E-state index is -0.756. The number of esters is 3. The zero-order valence-electron chi connectivity index (χ0n) is 38.6. The van der Waals surface area contributed by atoms with E-state index in [1.54, 1.807) is 0 Å². The first kappa shape index (κ1) is 55.4. The summed E-state index contributed by atoms with van der Waals surface area (Å²) in [7, 11) is 0. The SMILES string of the molecule is CCCCCCCCCCCCCCCCCCCCCCCCCCCC(=O)OCC(COC(=O)CCCCCCCCC)OC(=O)CCCCCCCCC. The highest BCUT2D eigenvalue weighted by atomic mass is 16.6. The van der Waals surface area contributed by atoms with Crippen molar-refractivity contribution in [2.75, 3.05) is 13.2 Å². The Labute approximate surface area is 355 Å². The molecular formula is C51H98O6. The number of unbranched alkanes of at least 4 members (excludes halogenated alkanes) is 36. The summed E-state index contributed by atoms with van der Waals surface area (Å²) in [6, 6.07) is 0. The summed E-state index contributed by atoms with van der Waals surface area (Å²) in [5.41, 5.74) is 0. The Hall–Kier alpha value is -1.59. The van der Waals surface area contributed by atoms with Crippen LogP contribution in [0.25, 0.3) is 0 Å². The molecule has 0 saturated carbocycles. The van der Waals surface area contributed by atoms with Crippen molar-refractivity contribution in [1.29, 1.82) is 0 Å². The van der Waals surface area contributed by atoms with Crippen LogP contribution in [0.3, 0.4) is 0 Å². The normalized spacial score (nSPS) is 11.8. The summed E-state index contributed by atoms with van der Waals surface area (Å²) in [4.78, 5) is 37.5. The lowest BCUT2D eigenvalue weighted by molar-refractivity contribution is -0.167. The maximum atomic E-state index is 12.6. The Morgan fingerprint density at radius 3 is 0.702 bits per heavy atom.